The number of carbonyl (C=O) groups is 1. The van der Waals surface area contributed by atoms with Gasteiger partial charge in [-0.15, -0.1) is 0 Å². The van der Waals surface area contributed by atoms with Gasteiger partial charge in [0.05, 0.1) is 34.2 Å². The fraction of sp³-hybridized carbons (Fsp3) is 0.269. The molecule has 0 radical (unpaired) electrons. The first-order valence-electron chi connectivity index (χ1n) is 11.2. The van der Waals surface area contributed by atoms with Gasteiger partial charge in [0.15, 0.2) is 5.72 Å². The molecule has 160 valence electrons. The van der Waals surface area contributed by atoms with E-state index in [-0.39, 0.29) is 18.7 Å². The fourth-order valence-corrected chi connectivity index (χ4v) is 6.04. The zero-order valence-electron chi connectivity index (χ0n) is 18.0. The molecule has 0 aliphatic carbocycles. The molecule has 6 nitrogen and oxygen atoms in total. The topological polar surface area (TPSA) is 68.4 Å². The largest absolute Gasteiger partial charge is 0.391 e. The van der Waals surface area contributed by atoms with Crippen molar-refractivity contribution in [2.24, 2.45) is 0 Å². The summed E-state index contributed by atoms with van der Waals surface area (Å²) in [5.74, 6) is -0.0234. The summed E-state index contributed by atoms with van der Waals surface area (Å²) < 4.78 is 11.1. The van der Waals surface area contributed by atoms with Crippen LogP contribution in [0.15, 0.2) is 48.5 Å². The predicted molar refractivity (Wildman–Crippen MR) is 125 cm³/mol. The maximum atomic E-state index is 13.2. The first kappa shape index (κ1) is 18.2. The number of aliphatic hydroxyl groups excluding tert-OH is 1. The maximum Gasteiger partial charge on any atom is 0.252 e. The molecule has 1 amide bonds. The number of ether oxygens (including phenoxy) is 1. The van der Waals surface area contributed by atoms with Crippen LogP contribution in [0.3, 0.4) is 0 Å². The number of amides is 1. The van der Waals surface area contributed by atoms with E-state index >= 15 is 0 Å². The number of rotatable bonds is 2. The van der Waals surface area contributed by atoms with Crippen LogP contribution in [0.2, 0.25) is 0 Å². The molecule has 3 aromatic carbocycles. The summed E-state index contributed by atoms with van der Waals surface area (Å²) >= 11 is 0. The highest BCUT2D eigenvalue weighted by atomic mass is 16.5. The molecular weight excluding hydrogens is 402 g/mol. The van der Waals surface area contributed by atoms with Gasteiger partial charge in [-0.25, -0.2) is 0 Å². The standard InChI is InChI=1S/C26H23N3O3/c1-3-19-28-17-10-6-4-8-14(17)21-22-16(12-27-25(22)31)20-15-9-5-7-11-18(15)29(24(20)23(21)28)26(2,13-30)32-19/h4-11,19,30H,3,12-13H2,1-2H3,(H,27,31)/t19-,26+/m0/s1. The van der Waals surface area contributed by atoms with Gasteiger partial charge in [0, 0.05) is 28.1 Å². The van der Waals surface area contributed by atoms with Crippen LogP contribution in [0, 0.1) is 0 Å². The Morgan fingerprint density at radius 3 is 2.47 bits per heavy atom. The van der Waals surface area contributed by atoms with Gasteiger partial charge >= 0.3 is 0 Å². The Bertz CT molecular complexity index is 1630. The smallest absolute Gasteiger partial charge is 0.252 e. The SMILES string of the molecule is CC[C@@H]1O[C@](C)(CO)n2c3ccccc3c3c4c(c5c6ccccc6n1c5c32)C(=O)NC4. The fourth-order valence-electron chi connectivity index (χ4n) is 6.04. The van der Waals surface area contributed by atoms with E-state index in [1.54, 1.807) is 0 Å². The van der Waals surface area contributed by atoms with E-state index in [0.717, 1.165) is 61.2 Å². The van der Waals surface area contributed by atoms with Crippen LogP contribution in [0.5, 0.6) is 0 Å². The number of nitrogens with zero attached hydrogens (tertiary/aromatic N) is 2. The minimum Gasteiger partial charge on any atom is -0.391 e. The normalized spacial score (nSPS) is 22.3. The Labute approximate surface area is 184 Å². The van der Waals surface area contributed by atoms with Crippen LogP contribution in [0.25, 0.3) is 43.6 Å². The van der Waals surface area contributed by atoms with Gasteiger partial charge in [-0.3, -0.25) is 4.79 Å². The second-order valence-electron chi connectivity index (χ2n) is 9.04. The van der Waals surface area contributed by atoms with E-state index in [1.807, 2.05) is 31.2 Å². The summed E-state index contributed by atoms with van der Waals surface area (Å²) in [5.41, 5.74) is 4.94. The first-order valence-corrected chi connectivity index (χ1v) is 11.2. The molecule has 0 spiro atoms. The molecule has 7 rings (SSSR count). The Hall–Kier alpha value is -3.35. The monoisotopic (exact) mass is 425 g/mol. The molecule has 2 atom stereocenters. The minimum atomic E-state index is -0.945. The lowest BCUT2D eigenvalue weighted by atomic mass is 9.97. The first-order chi connectivity index (χ1) is 15.6. The molecule has 4 heterocycles. The molecular formula is C26H23N3O3. The Morgan fingerprint density at radius 2 is 1.75 bits per heavy atom. The zero-order valence-corrected chi connectivity index (χ0v) is 18.0. The number of nitrogens with one attached hydrogen (secondary N) is 1. The second kappa shape index (κ2) is 5.91. The highest BCUT2D eigenvalue weighted by Crippen LogP contribution is 2.50. The summed E-state index contributed by atoms with van der Waals surface area (Å²) in [6, 6.07) is 16.5. The quantitative estimate of drug-likeness (QED) is 0.429. The van der Waals surface area contributed by atoms with Crippen LogP contribution in [0.4, 0.5) is 0 Å². The van der Waals surface area contributed by atoms with Crippen LogP contribution < -0.4 is 5.32 Å². The van der Waals surface area contributed by atoms with E-state index in [0.29, 0.717) is 6.54 Å². The minimum absolute atomic E-state index is 0.0234. The average molecular weight is 425 g/mol. The van der Waals surface area contributed by atoms with Crippen molar-refractivity contribution in [2.75, 3.05) is 6.61 Å². The molecule has 2 aliphatic heterocycles. The summed E-state index contributed by atoms with van der Waals surface area (Å²) in [5, 5.41) is 17.9. The molecule has 32 heavy (non-hydrogen) atoms. The summed E-state index contributed by atoms with van der Waals surface area (Å²) in [6.45, 7) is 4.40. The maximum absolute atomic E-state index is 13.2. The number of hydrogen-bond donors (Lipinski definition) is 2. The van der Waals surface area contributed by atoms with Crippen molar-refractivity contribution in [3.8, 4) is 0 Å². The highest BCUT2D eigenvalue weighted by molar-refractivity contribution is 6.30. The van der Waals surface area contributed by atoms with Crippen molar-refractivity contribution < 1.29 is 14.6 Å². The Morgan fingerprint density at radius 1 is 1.06 bits per heavy atom. The van der Waals surface area contributed by atoms with Crippen LogP contribution in [-0.4, -0.2) is 26.8 Å². The molecule has 0 saturated carbocycles. The van der Waals surface area contributed by atoms with Crippen LogP contribution >= 0.6 is 0 Å². The Kier molecular flexibility index (Phi) is 3.37. The number of benzene rings is 3. The van der Waals surface area contributed by atoms with Gasteiger partial charge in [-0.2, -0.15) is 0 Å². The zero-order chi connectivity index (χ0) is 21.8. The van der Waals surface area contributed by atoms with Gasteiger partial charge in [-0.1, -0.05) is 43.3 Å². The number of para-hydroxylation sites is 2. The molecule has 0 unspecified atom stereocenters. The van der Waals surface area contributed by atoms with Crippen molar-refractivity contribution in [3.63, 3.8) is 0 Å². The highest BCUT2D eigenvalue weighted by Gasteiger charge is 2.41. The third-order valence-corrected chi connectivity index (χ3v) is 7.31. The number of aliphatic hydroxyl groups is 1. The van der Waals surface area contributed by atoms with Crippen LogP contribution in [0.1, 0.15) is 42.4 Å². The number of aromatic nitrogens is 2. The number of hydrogen-bond acceptors (Lipinski definition) is 3. The lowest BCUT2D eigenvalue weighted by molar-refractivity contribution is -0.177. The van der Waals surface area contributed by atoms with E-state index in [1.165, 1.54) is 0 Å². The molecule has 2 N–H and O–H groups in total. The predicted octanol–water partition coefficient (Wildman–Crippen LogP) is 4.75. The molecule has 6 heteroatoms. The van der Waals surface area contributed by atoms with Crippen molar-refractivity contribution in [3.05, 3.63) is 59.7 Å². The van der Waals surface area contributed by atoms with E-state index in [4.69, 9.17) is 4.74 Å². The number of fused-ring (bicyclic) bond motifs is 9. The number of carbonyl (C=O) groups excluding carboxylic acids is 1. The summed E-state index contributed by atoms with van der Waals surface area (Å²) in [4.78, 5) is 13.2. The van der Waals surface area contributed by atoms with Crippen molar-refractivity contribution in [2.45, 2.75) is 38.8 Å². The van der Waals surface area contributed by atoms with E-state index < -0.39 is 5.72 Å². The van der Waals surface area contributed by atoms with E-state index in [9.17, 15) is 9.90 Å². The van der Waals surface area contributed by atoms with Gasteiger partial charge in [0.25, 0.3) is 5.91 Å². The van der Waals surface area contributed by atoms with Crippen molar-refractivity contribution in [1.29, 1.82) is 0 Å². The molecule has 5 aromatic rings. The van der Waals surface area contributed by atoms with Crippen molar-refractivity contribution >= 4 is 49.5 Å². The molecule has 2 aliphatic rings. The third-order valence-electron chi connectivity index (χ3n) is 7.31. The van der Waals surface area contributed by atoms with Gasteiger partial charge in [0.1, 0.15) is 6.23 Å². The van der Waals surface area contributed by atoms with Gasteiger partial charge < -0.3 is 24.3 Å². The third kappa shape index (κ3) is 1.92. The van der Waals surface area contributed by atoms with E-state index in [2.05, 4.69) is 45.6 Å². The molecule has 0 saturated heterocycles. The van der Waals surface area contributed by atoms with Gasteiger partial charge in [0.2, 0.25) is 0 Å². The molecule has 2 aromatic heterocycles. The van der Waals surface area contributed by atoms with Crippen LogP contribution in [-0.2, 0) is 17.0 Å². The molecule has 0 fully saturated rings. The Balaban J connectivity index is 1.90. The summed E-state index contributed by atoms with van der Waals surface area (Å²) in [6.07, 6.45) is 0.454. The van der Waals surface area contributed by atoms with Gasteiger partial charge in [-0.05, 0) is 31.0 Å². The van der Waals surface area contributed by atoms with Crippen molar-refractivity contribution in [1.82, 2.24) is 14.5 Å². The second-order valence-corrected chi connectivity index (χ2v) is 9.04. The molecule has 0 bridgehead atoms. The summed E-state index contributed by atoms with van der Waals surface area (Å²) in [7, 11) is 0. The lowest BCUT2D eigenvalue weighted by Gasteiger charge is -2.33. The average Bonchev–Trinajstić information content (AvgIpc) is 3.45. The lowest BCUT2D eigenvalue weighted by Crippen LogP contribution is -2.38.